The predicted octanol–water partition coefficient (Wildman–Crippen LogP) is 5.48. The van der Waals surface area contributed by atoms with Gasteiger partial charge in [0.15, 0.2) is 0 Å². The van der Waals surface area contributed by atoms with E-state index in [0.29, 0.717) is 17.6 Å². The minimum Gasteiger partial charge on any atom is -0.508 e. The van der Waals surface area contributed by atoms with Gasteiger partial charge >= 0.3 is 0 Å². The molecule has 0 radical (unpaired) electrons. The van der Waals surface area contributed by atoms with E-state index in [2.05, 4.69) is 38.1 Å². The zero-order chi connectivity index (χ0) is 17.6. The maximum absolute atomic E-state index is 9.95. The van der Waals surface area contributed by atoms with Gasteiger partial charge in [-0.05, 0) is 95.2 Å². The average Bonchev–Trinajstić information content (AvgIpc) is 2.65. The summed E-state index contributed by atoms with van der Waals surface area (Å²) in [5.74, 6) is 2.39. The molecule has 0 saturated heterocycles. The molecule has 2 aromatic rings. The van der Waals surface area contributed by atoms with Crippen LogP contribution in [0.1, 0.15) is 48.9 Å². The van der Waals surface area contributed by atoms with E-state index in [1.54, 1.807) is 7.11 Å². The SMILES string of the molecule is CC[C@@H]1Cc2cc(O)ccc2C2=C1c1ccc(OC)cc1C[C@@H]2CC. The maximum atomic E-state index is 9.95. The number of fused-ring (bicyclic) bond motifs is 4. The summed E-state index contributed by atoms with van der Waals surface area (Å²) in [5, 5.41) is 9.95. The van der Waals surface area contributed by atoms with E-state index in [0.717, 1.165) is 31.4 Å². The second kappa shape index (κ2) is 6.25. The van der Waals surface area contributed by atoms with E-state index in [-0.39, 0.29) is 0 Å². The summed E-state index contributed by atoms with van der Waals surface area (Å²) in [7, 11) is 1.74. The van der Waals surface area contributed by atoms with Gasteiger partial charge in [-0.25, -0.2) is 0 Å². The van der Waals surface area contributed by atoms with Crippen LogP contribution in [0.5, 0.6) is 11.5 Å². The van der Waals surface area contributed by atoms with Crippen molar-refractivity contribution in [2.45, 2.75) is 39.5 Å². The lowest BCUT2D eigenvalue weighted by atomic mass is 9.66. The Morgan fingerprint density at radius 3 is 2.00 bits per heavy atom. The maximum Gasteiger partial charge on any atom is 0.119 e. The normalized spacial score (nSPS) is 21.4. The Morgan fingerprint density at radius 2 is 1.44 bits per heavy atom. The van der Waals surface area contributed by atoms with Crippen molar-refractivity contribution in [3.05, 3.63) is 58.7 Å². The first kappa shape index (κ1) is 16.3. The van der Waals surface area contributed by atoms with Crippen LogP contribution in [-0.2, 0) is 12.8 Å². The number of ether oxygens (including phenoxy) is 1. The zero-order valence-electron chi connectivity index (χ0n) is 15.3. The summed E-state index contributed by atoms with van der Waals surface area (Å²) in [6.07, 6.45) is 4.33. The van der Waals surface area contributed by atoms with E-state index in [9.17, 15) is 5.11 Å². The molecule has 2 atom stereocenters. The molecule has 0 aromatic heterocycles. The molecule has 2 aromatic carbocycles. The minimum atomic E-state index is 0.381. The summed E-state index contributed by atoms with van der Waals surface area (Å²) in [5.41, 5.74) is 8.55. The Balaban J connectivity index is 1.98. The first-order chi connectivity index (χ1) is 12.2. The highest BCUT2D eigenvalue weighted by Gasteiger charge is 2.35. The number of hydrogen-bond donors (Lipinski definition) is 1. The summed E-state index contributed by atoms with van der Waals surface area (Å²) >= 11 is 0. The van der Waals surface area contributed by atoms with Gasteiger partial charge in [0.1, 0.15) is 11.5 Å². The molecule has 1 N–H and O–H groups in total. The Hall–Kier alpha value is -2.22. The first-order valence-corrected chi connectivity index (χ1v) is 9.39. The molecular formula is C23H26O2. The van der Waals surface area contributed by atoms with E-state index in [1.807, 2.05) is 12.1 Å². The number of rotatable bonds is 3. The second-order valence-electron chi connectivity index (χ2n) is 7.31. The minimum absolute atomic E-state index is 0.381. The van der Waals surface area contributed by atoms with Gasteiger partial charge in [0, 0.05) is 0 Å². The topological polar surface area (TPSA) is 29.5 Å². The summed E-state index contributed by atoms with van der Waals surface area (Å²) in [6, 6.07) is 12.5. The van der Waals surface area contributed by atoms with Crippen molar-refractivity contribution in [3.63, 3.8) is 0 Å². The van der Waals surface area contributed by atoms with Crippen LogP contribution in [0.15, 0.2) is 36.4 Å². The van der Waals surface area contributed by atoms with Crippen LogP contribution in [0, 0.1) is 11.8 Å². The second-order valence-corrected chi connectivity index (χ2v) is 7.31. The van der Waals surface area contributed by atoms with Gasteiger partial charge in [0.2, 0.25) is 0 Å². The van der Waals surface area contributed by atoms with Crippen LogP contribution >= 0.6 is 0 Å². The molecule has 0 unspecified atom stereocenters. The Bertz CT molecular complexity index is 847. The van der Waals surface area contributed by atoms with Crippen molar-refractivity contribution in [1.29, 1.82) is 0 Å². The predicted molar refractivity (Wildman–Crippen MR) is 103 cm³/mol. The third kappa shape index (κ3) is 2.55. The molecule has 0 fully saturated rings. The molecule has 0 aliphatic heterocycles. The van der Waals surface area contributed by atoms with Crippen LogP contribution in [0.3, 0.4) is 0 Å². The number of phenolic OH excluding ortho intramolecular Hbond substituents is 1. The van der Waals surface area contributed by atoms with Gasteiger partial charge < -0.3 is 9.84 Å². The molecule has 4 rings (SSSR count). The van der Waals surface area contributed by atoms with Crippen LogP contribution in [0.4, 0.5) is 0 Å². The van der Waals surface area contributed by atoms with Gasteiger partial charge in [-0.3, -0.25) is 0 Å². The van der Waals surface area contributed by atoms with Crippen molar-refractivity contribution in [1.82, 2.24) is 0 Å². The third-order valence-electron chi connectivity index (χ3n) is 6.01. The highest BCUT2D eigenvalue weighted by Crippen LogP contribution is 2.51. The lowest BCUT2D eigenvalue weighted by Gasteiger charge is -2.38. The highest BCUT2D eigenvalue weighted by molar-refractivity contribution is 5.98. The lowest BCUT2D eigenvalue weighted by Crippen LogP contribution is -2.24. The fourth-order valence-corrected chi connectivity index (χ4v) is 4.74. The number of phenols is 1. The van der Waals surface area contributed by atoms with Crippen LogP contribution in [0.25, 0.3) is 11.1 Å². The van der Waals surface area contributed by atoms with E-state index < -0.39 is 0 Å². The molecule has 0 spiro atoms. The van der Waals surface area contributed by atoms with Gasteiger partial charge in [-0.2, -0.15) is 0 Å². The third-order valence-corrected chi connectivity index (χ3v) is 6.01. The number of benzene rings is 2. The van der Waals surface area contributed by atoms with Gasteiger partial charge in [-0.1, -0.05) is 26.0 Å². The first-order valence-electron chi connectivity index (χ1n) is 9.39. The number of aromatic hydroxyl groups is 1. The molecule has 25 heavy (non-hydrogen) atoms. The number of methoxy groups -OCH3 is 1. The van der Waals surface area contributed by atoms with Crippen molar-refractivity contribution in [2.24, 2.45) is 11.8 Å². The smallest absolute Gasteiger partial charge is 0.119 e. The van der Waals surface area contributed by atoms with E-state index >= 15 is 0 Å². The zero-order valence-corrected chi connectivity index (χ0v) is 15.3. The van der Waals surface area contributed by atoms with E-state index in [4.69, 9.17) is 4.74 Å². The molecule has 2 aliphatic carbocycles. The number of hydrogen-bond acceptors (Lipinski definition) is 2. The van der Waals surface area contributed by atoms with Crippen molar-refractivity contribution in [3.8, 4) is 11.5 Å². The standard InChI is InChI=1S/C23H26O2/c1-4-14-10-16-12-18(24)6-8-20(16)22-15(5-2)11-17-13-19(25-3)7-9-21(17)23(14)22/h6-9,12-15,24H,4-5,10-11H2,1-3H3/t14-,15+/m1/s1. The van der Waals surface area contributed by atoms with Crippen molar-refractivity contribution < 1.29 is 9.84 Å². The molecule has 130 valence electrons. The fourth-order valence-electron chi connectivity index (χ4n) is 4.74. The van der Waals surface area contributed by atoms with Crippen LogP contribution < -0.4 is 4.74 Å². The molecule has 2 nitrogen and oxygen atoms in total. The molecule has 2 aliphatic rings. The number of allylic oxidation sites excluding steroid dienone is 2. The highest BCUT2D eigenvalue weighted by atomic mass is 16.5. The fraction of sp³-hybridized carbons (Fsp3) is 0.391. The molecule has 0 amide bonds. The van der Waals surface area contributed by atoms with E-state index in [1.165, 1.54) is 33.4 Å². The Kier molecular flexibility index (Phi) is 4.07. The summed E-state index contributed by atoms with van der Waals surface area (Å²) < 4.78 is 5.46. The van der Waals surface area contributed by atoms with Gasteiger partial charge in [-0.15, -0.1) is 0 Å². The lowest BCUT2D eigenvalue weighted by molar-refractivity contribution is 0.413. The summed E-state index contributed by atoms with van der Waals surface area (Å²) in [6.45, 7) is 4.57. The van der Waals surface area contributed by atoms with Crippen molar-refractivity contribution in [2.75, 3.05) is 7.11 Å². The van der Waals surface area contributed by atoms with Crippen molar-refractivity contribution >= 4 is 11.1 Å². The Labute approximate surface area is 150 Å². The van der Waals surface area contributed by atoms with Crippen LogP contribution in [-0.4, -0.2) is 12.2 Å². The molecule has 0 heterocycles. The molecule has 0 saturated carbocycles. The largest absolute Gasteiger partial charge is 0.508 e. The summed E-state index contributed by atoms with van der Waals surface area (Å²) in [4.78, 5) is 0. The van der Waals surface area contributed by atoms with Gasteiger partial charge in [0.05, 0.1) is 7.11 Å². The van der Waals surface area contributed by atoms with Gasteiger partial charge in [0.25, 0.3) is 0 Å². The van der Waals surface area contributed by atoms with Crippen LogP contribution in [0.2, 0.25) is 0 Å². The monoisotopic (exact) mass is 334 g/mol. The molecular weight excluding hydrogens is 308 g/mol. The quantitative estimate of drug-likeness (QED) is 0.806. The molecule has 0 bridgehead atoms. The average molecular weight is 334 g/mol. The molecule has 2 heteroatoms. The Morgan fingerprint density at radius 1 is 0.880 bits per heavy atom.